The second-order valence-electron chi connectivity index (χ2n) is 5.77. The van der Waals surface area contributed by atoms with Gasteiger partial charge in [-0.3, -0.25) is 15.0 Å². The maximum Gasteiger partial charge on any atom is 0.272 e. The predicted molar refractivity (Wildman–Crippen MR) is 72.4 cm³/mol. The van der Waals surface area contributed by atoms with Crippen molar-refractivity contribution in [2.45, 2.75) is 44.1 Å². The van der Waals surface area contributed by atoms with Crippen LogP contribution in [0.3, 0.4) is 0 Å². The zero-order valence-electron chi connectivity index (χ0n) is 11.1. The van der Waals surface area contributed by atoms with Gasteiger partial charge in [-0.2, -0.15) is 10.2 Å². The SMILES string of the molecule is O=C(N[C@H]1CCc2cn[nH]c2C1)c1cc(C2CC2)[nH]n1. The number of aromatic amines is 2. The van der Waals surface area contributed by atoms with Crippen LogP contribution in [-0.4, -0.2) is 32.3 Å². The van der Waals surface area contributed by atoms with Gasteiger partial charge in [0.1, 0.15) is 5.69 Å². The Morgan fingerprint density at radius 2 is 2.20 bits per heavy atom. The summed E-state index contributed by atoms with van der Waals surface area (Å²) in [6.07, 6.45) is 7.02. The Bertz CT molecular complexity index is 640. The van der Waals surface area contributed by atoms with Crippen molar-refractivity contribution < 1.29 is 4.79 Å². The largest absolute Gasteiger partial charge is 0.348 e. The maximum atomic E-state index is 12.2. The van der Waals surface area contributed by atoms with Gasteiger partial charge in [-0.15, -0.1) is 0 Å². The van der Waals surface area contributed by atoms with Gasteiger partial charge in [0, 0.05) is 29.8 Å². The minimum atomic E-state index is -0.0823. The number of carbonyl (C=O) groups is 1. The number of aryl methyl sites for hydroxylation is 1. The summed E-state index contributed by atoms with van der Waals surface area (Å²) in [5.74, 6) is 0.507. The number of hydrogen-bond donors (Lipinski definition) is 3. The summed E-state index contributed by atoms with van der Waals surface area (Å²) in [6.45, 7) is 0. The average Bonchev–Trinajstić information content (AvgIpc) is 3.01. The van der Waals surface area contributed by atoms with Gasteiger partial charge in [-0.1, -0.05) is 0 Å². The zero-order chi connectivity index (χ0) is 13.5. The normalized spacial score (nSPS) is 21.5. The molecule has 0 aromatic carbocycles. The molecule has 4 rings (SSSR count). The number of hydrogen-bond acceptors (Lipinski definition) is 3. The molecule has 0 aliphatic heterocycles. The Morgan fingerprint density at radius 3 is 3.05 bits per heavy atom. The van der Waals surface area contributed by atoms with Crippen LogP contribution in [0.5, 0.6) is 0 Å². The molecule has 2 aromatic heterocycles. The van der Waals surface area contributed by atoms with Crippen LogP contribution >= 0.6 is 0 Å². The van der Waals surface area contributed by atoms with Gasteiger partial charge in [0.25, 0.3) is 5.91 Å². The van der Waals surface area contributed by atoms with E-state index in [9.17, 15) is 4.79 Å². The van der Waals surface area contributed by atoms with Crippen LogP contribution in [0.15, 0.2) is 12.3 Å². The van der Waals surface area contributed by atoms with E-state index in [-0.39, 0.29) is 11.9 Å². The summed E-state index contributed by atoms with van der Waals surface area (Å²) < 4.78 is 0. The molecule has 2 heterocycles. The summed E-state index contributed by atoms with van der Waals surface area (Å²) in [5, 5.41) is 17.2. The van der Waals surface area contributed by atoms with Gasteiger partial charge in [0.05, 0.1) is 6.20 Å². The Balaban J connectivity index is 1.42. The highest BCUT2D eigenvalue weighted by molar-refractivity contribution is 5.92. The van der Waals surface area contributed by atoms with E-state index in [0.717, 1.165) is 30.7 Å². The first-order valence-corrected chi connectivity index (χ1v) is 7.17. The van der Waals surface area contributed by atoms with Gasteiger partial charge >= 0.3 is 0 Å². The summed E-state index contributed by atoms with van der Waals surface area (Å²) in [6, 6.07) is 2.05. The van der Waals surface area contributed by atoms with Crippen molar-refractivity contribution in [3.8, 4) is 0 Å². The number of aromatic nitrogens is 4. The lowest BCUT2D eigenvalue weighted by Gasteiger charge is -2.22. The van der Waals surface area contributed by atoms with Crippen LogP contribution < -0.4 is 5.32 Å². The molecule has 6 nitrogen and oxygen atoms in total. The molecule has 0 unspecified atom stereocenters. The van der Waals surface area contributed by atoms with Crippen LogP contribution in [0.4, 0.5) is 0 Å². The molecular weight excluding hydrogens is 254 g/mol. The number of rotatable bonds is 3. The standard InChI is InChI=1S/C14H17N5O/c20-14(13-6-12(18-19-13)8-1-2-8)16-10-4-3-9-7-15-17-11(9)5-10/h6-8,10H,1-5H2,(H,15,17)(H,16,20)(H,18,19)/t10-/m0/s1. The fraction of sp³-hybridized carbons (Fsp3) is 0.500. The van der Waals surface area contributed by atoms with E-state index >= 15 is 0 Å². The van der Waals surface area contributed by atoms with E-state index in [1.54, 1.807) is 0 Å². The Kier molecular flexibility index (Phi) is 2.61. The molecule has 0 radical (unpaired) electrons. The second kappa shape index (κ2) is 4.47. The van der Waals surface area contributed by atoms with Crippen molar-refractivity contribution in [1.29, 1.82) is 0 Å². The minimum Gasteiger partial charge on any atom is -0.348 e. The first-order chi connectivity index (χ1) is 9.79. The maximum absolute atomic E-state index is 12.2. The fourth-order valence-electron chi connectivity index (χ4n) is 2.85. The van der Waals surface area contributed by atoms with E-state index in [4.69, 9.17) is 0 Å². The Morgan fingerprint density at radius 1 is 1.30 bits per heavy atom. The highest BCUT2D eigenvalue weighted by atomic mass is 16.2. The third-order valence-corrected chi connectivity index (χ3v) is 4.20. The smallest absolute Gasteiger partial charge is 0.272 e. The van der Waals surface area contributed by atoms with Gasteiger partial charge in [-0.25, -0.2) is 0 Å². The fourth-order valence-corrected chi connectivity index (χ4v) is 2.85. The molecule has 6 heteroatoms. The molecular formula is C14H17N5O. The highest BCUT2D eigenvalue weighted by Gasteiger charge is 2.27. The number of amides is 1. The molecule has 3 N–H and O–H groups in total. The molecule has 2 aliphatic carbocycles. The third-order valence-electron chi connectivity index (χ3n) is 4.20. The molecule has 0 spiro atoms. The van der Waals surface area contributed by atoms with Crippen molar-refractivity contribution in [1.82, 2.24) is 25.7 Å². The van der Waals surface area contributed by atoms with Crippen molar-refractivity contribution >= 4 is 5.91 Å². The quantitative estimate of drug-likeness (QED) is 0.786. The first-order valence-electron chi connectivity index (χ1n) is 7.17. The molecule has 0 bridgehead atoms. The summed E-state index contributed by atoms with van der Waals surface area (Å²) in [7, 11) is 0. The molecule has 2 aromatic rings. The summed E-state index contributed by atoms with van der Waals surface area (Å²) >= 11 is 0. The minimum absolute atomic E-state index is 0.0823. The highest BCUT2D eigenvalue weighted by Crippen LogP contribution is 2.38. The second-order valence-corrected chi connectivity index (χ2v) is 5.77. The lowest BCUT2D eigenvalue weighted by atomic mass is 9.94. The van der Waals surface area contributed by atoms with Crippen LogP contribution in [0.2, 0.25) is 0 Å². The molecule has 2 aliphatic rings. The molecule has 0 saturated heterocycles. The summed E-state index contributed by atoms with van der Waals surface area (Å²) in [4.78, 5) is 12.2. The molecule has 104 valence electrons. The number of nitrogens with one attached hydrogen (secondary N) is 3. The van der Waals surface area contributed by atoms with Crippen molar-refractivity contribution in [2.75, 3.05) is 0 Å². The average molecular weight is 271 g/mol. The van der Waals surface area contributed by atoms with E-state index in [1.165, 1.54) is 18.4 Å². The van der Waals surface area contributed by atoms with E-state index in [2.05, 4.69) is 25.7 Å². The van der Waals surface area contributed by atoms with Crippen molar-refractivity contribution in [3.05, 3.63) is 34.9 Å². The first kappa shape index (κ1) is 11.7. The Labute approximate surface area is 116 Å². The Hall–Kier alpha value is -2.11. The van der Waals surface area contributed by atoms with Crippen LogP contribution in [0.25, 0.3) is 0 Å². The number of carbonyl (C=O) groups excluding carboxylic acids is 1. The van der Waals surface area contributed by atoms with Crippen LogP contribution in [0, 0.1) is 0 Å². The topological polar surface area (TPSA) is 86.5 Å². The van der Waals surface area contributed by atoms with Crippen molar-refractivity contribution in [2.24, 2.45) is 0 Å². The number of H-pyrrole nitrogens is 2. The molecule has 1 saturated carbocycles. The van der Waals surface area contributed by atoms with Gasteiger partial charge in [0.2, 0.25) is 0 Å². The summed E-state index contributed by atoms with van der Waals surface area (Å²) in [5.41, 5.74) is 4.01. The molecule has 20 heavy (non-hydrogen) atoms. The lowest BCUT2D eigenvalue weighted by molar-refractivity contribution is 0.0928. The molecule has 1 amide bonds. The van der Waals surface area contributed by atoms with Crippen LogP contribution in [-0.2, 0) is 12.8 Å². The lowest BCUT2D eigenvalue weighted by Crippen LogP contribution is -2.39. The van der Waals surface area contributed by atoms with E-state index in [1.807, 2.05) is 12.3 Å². The van der Waals surface area contributed by atoms with Crippen molar-refractivity contribution in [3.63, 3.8) is 0 Å². The monoisotopic (exact) mass is 271 g/mol. The van der Waals surface area contributed by atoms with Gasteiger partial charge in [0.15, 0.2) is 0 Å². The number of fused-ring (bicyclic) bond motifs is 1. The van der Waals surface area contributed by atoms with Gasteiger partial charge in [-0.05, 0) is 37.3 Å². The van der Waals surface area contributed by atoms with E-state index in [0.29, 0.717) is 11.6 Å². The third kappa shape index (κ3) is 2.11. The van der Waals surface area contributed by atoms with Crippen LogP contribution in [0.1, 0.15) is 52.6 Å². The van der Waals surface area contributed by atoms with Gasteiger partial charge < -0.3 is 5.32 Å². The number of nitrogens with zero attached hydrogens (tertiary/aromatic N) is 2. The molecule has 1 fully saturated rings. The zero-order valence-corrected chi connectivity index (χ0v) is 11.1. The molecule has 1 atom stereocenters. The predicted octanol–water partition coefficient (Wildman–Crippen LogP) is 1.30. The van der Waals surface area contributed by atoms with E-state index < -0.39 is 0 Å².